The van der Waals surface area contributed by atoms with Crippen LogP contribution in [0, 0.1) is 12.7 Å². The zero-order chi connectivity index (χ0) is 14.7. The Morgan fingerprint density at radius 1 is 1.50 bits per heavy atom. The Labute approximate surface area is 121 Å². The van der Waals surface area contributed by atoms with E-state index in [1.807, 2.05) is 20.0 Å². The number of benzene rings is 1. The first-order chi connectivity index (χ1) is 9.56. The number of morpholine rings is 1. The minimum Gasteiger partial charge on any atom is -0.375 e. The Bertz CT molecular complexity index is 464. The van der Waals surface area contributed by atoms with Crippen LogP contribution in [0.1, 0.15) is 37.4 Å². The molecule has 20 heavy (non-hydrogen) atoms. The molecule has 1 aliphatic heterocycles. The van der Waals surface area contributed by atoms with Gasteiger partial charge in [0.25, 0.3) is 0 Å². The number of ether oxygens (including phenoxy) is 1. The van der Waals surface area contributed by atoms with Crippen LogP contribution in [0.4, 0.5) is 10.1 Å². The quantitative estimate of drug-likeness (QED) is 0.917. The summed E-state index contributed by atoms with van der Waals surface area (Å²) in [4.78, 5) is 2.33. The molecule has 0 bridgehead atoms. The number of hydrogen-bond acceptors (Lipinski definition) is 3. The Morgan fingerprint density at radius 2 is 2.25 bits per heavy atom. The average Bonchev–Trinajstić information content (AvgIpc) is 2.48. The van der Waals surface area contributed by atoms with Gasteiger partial charge in [0.05, 0.1) is 12.7 Å². The fourth-order valence-corrected chi connectivity index (χ4v) is 2.64. The molecule has 1 aliphatic rings. The van der Waals surface area contributed by atoms with Crippen molar-refractivity contribution < 1.29 is 9.13 Å². The van der Waals surface area contributed by atoms with E-state index in [9.17, 15) is 4.39 Å². The van der Waals surface area contributed by atoms with Crippen molar-refractivity contribution in [2.75, 3.05) is 31.6 Å². The molecule has 1 heterocycles. The van der Waals surface area contributed by atoms with E-state index in [0.717, 1.165) is 37.4 Å². The summed E-state index contributed by atoms with van der Waals surface area (Å²) in [5, 5.41) is 3.21. The third-order valence-electron chi connectivity index (χ3n) is 4.14. The van der Waals surface area contributed by atoms with E-state index in [2.05, 4.69) is 24.1 Å². The maximum Gasteiger partial charge on any atom is 0.126 e. The molecule has 0 spiro atoms. The van der Waals surface area contributed by atoms with Gasteiger partial charge in [-0.1, -0.05) is 6.92 Å². The summed E-state index contributed by atoms with van der Waals surface area (Å²) >= 11 is 0. The van der Waals surface area contributed by atoms with Gasteiger partial charge in [0.15, 0.2) is 0 Å². The second-order valence-corrected chi connectivity index (χ2v) is 5.52. The lowest BCUT2D eigenvalue weighted by molar-refractivity contribution is 0.0383. The molecule has 2 atom stereocenters. The predicted molar refractivity (Wildman–Crippen MR) is 80.9 cm³/mol. The summed E-state index contributed by atoms with van der Waals surface area (Å²) in [5.74, 6) is -0.133. The number of aryl methyl sites for hydroxylation is 1. The molecular formula is C16H25FN2O. The number of nitrogens with one attached hydrogen (secondary N) is 1. The highest BCUT2D eigenvalue weighted by atomic mass is 19.1. The van der Waals surface area contributed by atoms with Crippen molar-refractivity contribution in [2.24, 2.45) is 0 Å². The second kappa shape index (κ2) is 6.55. The summed E-state index contributed by atoms with van der Waals surface area (Å²) in [6, 6.07) is 3.77. The molecule has 1 fully saturated rings. The van der Waals surface area contributed by atoms with Crippen molar-refractivity contribution in [3.8, 4) is 0 Å². The van der Waals surface area contributed by atoms with Crippen LogP contribution in [0.5, 0.6) is 0 Å². The first-order valence-corrected chi connectivity index (χ1v) is 7.40. The summed E-state index contributed by atoms with van der Waals surface area (Å²) < 4.78 is 19.6. The molecule has 112 valence electrons. The van der Waals surface area contributed by atoms with Crippen molar-refractivity contribution in [3.05, 3.63) is 29.1 Å². The molecule has 2 unspecified atom stereocenters. The maximum atomic E-state index is 13.9. The highest BCUT2D eigenvalue weighted by Crippen LogP contribution is 2.30. The monoisotopic (exact) mass is 280 g/mol. The summed E-state index contributed by atoms with van der Waals surface area (Å²) in [7, 11) is 1.90. The number of rotatable bonds is 4. The highest BCUT2D eigenvalue weighted by Gasteiger charge is 2.23. The van der Waals surface area contributed by atoms with Gasteiger partial charge in [-0.2, -0.15) is 0 Å². The van der Waals surface area contributed by atoms with Crippen LogP contribution in [0.15, 0.2) is 12.1 Å². The highest BCUT2D eigenvalue weighted by molar-refractivity contribution is 5.57. The van der Waals surface area contributed by atoms with Gasteiger partial charge in [-0.05, 0) is 50.6 Å². The smallest absolute Gasteiger partial charge is 0.126 e. The zero-order valence-electron chi connectivity index (χ0n) is 12.9. The van der Waals surface area contributed by atoms with Crippen molar-refractivity contribution in [2.45, 2.75) is 39.3 Å². The standard InChI is InChI=1S/C16H25FN2O/c1-5-13-10-19(6-7-20-13)16-8-11(2)15(17)9-14(16)12(3)18-4/h8-9,12-13,18H,5-7,10H2,1-4H3. The largest absolute Gasteiger partial charge is 0.375 e. The second-order valence-electron chi connectivity index (χ2n) is 5.52. The van der Waals surface area contributed by atoms with Gasteiger partial charge in [-0.25, -0.2) is 4.39 Å². The summed E-state index contributed by atoms with van der Waals surface area (Å²) in [6.45, 7) is 8.51. The molecule has 0 aliphatic carbocycles. The molecule has 0 saturated carbocycles. The normalized spacial score (nSPS) is 21.1. The summed E-state index contributed by atoms with van der Waals surface area (Å²) in [5.41, 5.74) is 2.85. The van der Waals surface area contributed by atoms with Gasteiger partial charge in [0, 0.05) is 24.8 Å². The Hall–Kier alpha value is -1.13. The van der Waals surface area contributed by atoms with Crippen LogP contribution >= 0.6 is 0 Å². The molecule has 4 heteroatoms. The van der Waals surface area contributed by atoms with E-state index in [4.69, 9.17) is 4.74 Å². The SMILES string of the molecule is CCC1CN(c2cc(C)c(F)cc2C(C)NC)CCO1. The topological polar surface area (TPSA) is 24.5 Å². The molecule has 1 aromatic rings. The van der Waals surface area contributed by atoms with Crippen molar-refractivity contribution >= 4 is 5.69 Å². The van der Waals surface area contributed by atoms with Crippen LogP contribution < -0.4 is 10.2 Å². The molecule has 2 rings (SSSR count). The van der Waals surface area contributed by atoms with Gasteiger partial charge in [-0.15, -0.1) is 0 Å². The Morgan fingerprint density at radius 3 is 2.90 bits per heavy atom. The van der Waals surface area contributed by atoms with Crippen LogP contribution in [0.2, 0.25) is 0 Å². The van der Waals surface area contributed by atoms with E-state index < -0.39 is 0 Å². The third kappa shape index (κ3) is 3.13. The minimum atomic E-state index is -0.133. The molecule has 1 aromatic carbocycles. The lowest BCUT2D eigenvalue weighted by Gasteiger charge is -2.36. The molecule has 3 nitrogen and oxygen atoms in total. The molecule has 1 saturated heterocycles. The van der Waals surface area contributed by atoms with Gasteiger partial charge < -0.3 is 15.0 Å². The van der Waals surface area contributed by atoms with Crippen molar-refractivity contribution in [1.29, 1.82) is 0 Å². The van der Waals surface area contributed by atoms with E-state index in [-0.39, 0.29) is 18.0 Å². The van der Waals surface area contributed by atoms with Crippen LogP contribution in [-0.4, -0.2) is 32.8 Å². The molecular weight excluding hydrogens is 255 g/mol. The molecule has 0 radical (unpaired) electrons. The van der Waals surface area contributed by atoms with Crippen molar-refractivity contribution in [3.63, 3.8) is 0 Å². The first kappa shape index (κ1) is 15.3. The lowest BCUT2D eigenvalue weighted by atomic mass is 10.0. The number of hydrogen-bond donors (Lipinski definition) is 1. The van der Waals surface area contributed by atoms with E-state index in [0.29, 0.717) is 5.56 Å². The first-order valence-electron chi connectivity index (χ1n) is 7.40. The van der Waals surface area contributed by atoms with Gasteiger partial charge in [0.1, 0.15) is 5.82 Å². The van der Waals surface area contributed by atoms with Crippen LogP contribution in [0.25, 0.3) is 0 Å². The van der Waals surface area contributed by atoms with Crippen molar-refractivity contribution in [1.82, 2.24) is 5.32 Å². The lowest BCUT2D eigenvalue weighted by Crippen LogP contribution is -2.43. The van der Waals surface area contributed by atoms with E-state index >= 15 is 0 Å². The predicted octanol–water partition coefficient (Wildman–Crippen LogP) is 3.03. The van der Waals surface area contributed by atoms with Crippen LogP contribution in [-0.2, 0) is 4.74 Å². The number of anilines is 1. The Balaban J connectivity index is 2.35. The van der Waals surface area contributed by atoms with E-state index in [1.165, 1.54) is 0 Å². The minimum absolute atomic E-state index is 0.128. The van der Waals surface area contributed by atoms with Gasteiger partial charge >= 0.3 is 0 Å². The Kier molecular flexibility index (Phi) is 5.00. The van der Waals surface area contributed by atoms with Gasteiger partial charge in [0.2, 0.25) is 0 Å². The maximum absolute atomic E-state index is 13.9. The molecule has 1 N–H and O–H groups in total. The van der Waals surface area contributed by atoms with Gasteiger partial charge in [-0.3, -0.25) is 0 Å². The summed E-state index contributed by atoms with van der Waals surface area (Å²) in [6.07, 6.45) is 1.28. The van der Waals surface area contributed by atoms with E-state index in [1.54, 1.807) is 6.07 Å². The zero-order valence-corrected chi connectivity index (χ0v) is 12.9. The molecule has 0 amide bonds. The fourth-order valence-electron chi connectivity index (χ4n) is 2.64. The third-order valence-corrected chi connectivity index (χ3v) is 4.14. The number of halogens is 1. The fraction of sp³-hybridized carbons (Fsp3) is 0.625. The van der Waals surface area contributed by atoms with Crippen LogP contribution in [0.3, 0.4) is 0 Å². The molecule has 0 aromatic heterocycles. The number of nitrogens with zero attached hydrogens (tertiary/aromatic N) is 1. The average molecular weight is 280 g/mol.